The molecule has 0 aliphatic carbocycles. The summed E-state index contributed by atoms with van der Waals surface area (Å²) in [4.78, 5) is 11.5. The van der Waals surface area contributed by atoms with Crippen LogP contribution < -0.4 is 5.32 Å². The van der Waals surface area contributed by atoms with Crippen molar-refractivity contribution >= 4 is 26.7 Å². The number of halogens is 1. The van der Waals surface area contributed by atoms with E-state index in [4.69, 9.17) is 9.72 Å². The Balaban J connectivity index is 1.47. The Labute approximate surface area is 227 Å². The first-order valence-electron chi connectivity index (χ1n) is 13.0. The molecule has 39 heavy (non-hydrogen) atoms. The minimum atomic E-state index is -2.93. The lowest BCUT2D eigenvalue weighted by Gasteiger charge is -2.34. The van der Waals surface area contributed by atoms with Crippen LogP contribution in [0.15, 0.2) is 43.0 Å². The lowest BCUT2D eigenvalue weighted by molar-refractivity contribution is 0.115. The van der Waals surface area contributed by atoms with Crippen molar-refractivity contribution in [2.45, 2.75) is 25.3 Å². The van der Waals surface area contributed by atoms with E-state index in [1.807, 2.05) is 29.9 Å². The number of fused-ring (bicyclic) bond motifs is 1. The van der Waals surface area contributed by atoms with Crippen molar-refractivity contribution in [3.8, 4) is 16.9 Å². The molecule has 0 unspecified atom stereocenters. The van der Waals surface area contributed by atoms with Crippen LogP contribution in [-0.2, 0) is 28.0 Å². The summed E-state index contributed by atoms with van der Waals surface area (Å²) in [7, 11) is 2.24. The van der Waals surface area contributed by atoms with Crippen LogP contribution in [0, 0.1) is 5.82 Å². The molecule has 0 bridgehead atoms. The van der Waals surface area contributed by atoms with Gasteiger partial charge in [0, 0.05) is 69.9 Å². The predicted octanol–water partition coefficient (Wildman–Crippen LogP) is 3.07. The highest BCUT2D eigenvalue weighted by atomic mass is 32.2. The standard InChI is InChI=1S/C27H34FN7O3S/c1-29-26-24(28)14-20(15-30-26)25-5-4-23-19(17-35(27(23)32-25)22-16-31-33(2)18-22)6-9-34(10-11-38-3)21-7-12-39(36,37)13-8-21/h4-5,14-18,21H,6-13H2,1-3H3,(H,29,30). The van der Waals surface area contributed by atoms with Gasteiger partial charge in [-0.1, -0.05) is 0 Å². The van der Waals surface area contributed by atoms with E-state index in [2.05, 4.69) is 26.5 Å². The van der Waals surface area contributed by atoms with Crippen molar-refractivity contribution in [1.82, 2.24) is 29.2 Å². The first kappa shape index (κ1) is 27.2. The van der Waals surface area contributed by atoms with Crippen molar-refractivity contribution in [3.63, 3.8) is 0 Å². The second kappa shape index (κ2) is 11.4. The number of anilines is 1. The van der Waals surface area contributed by atoms with E-state index < -0.39 is 15.7 Å². The van der Waals surface area contributed by atoms with E-state index in [-0.39, 0.29) is 23.4 Å². The molecule has 0 saturated carbocycles. The number of aromatic nitrogens is 5. The van der Waals surface area contributed by atoms with Gasteiger partial charge in [-0.2, -0.15) is 5.10 Å². The molecule has 0 radical (unpaired) electrons. The Hall–Kier alpha value is -3.35. The minimum Gasteiger partial charge on any atom is -0.383 e. The summed E-state index contributed by atoms with van der Waals surface area (Å²) < 4.78 is 47.5. The minimum absolute atomic E-state index is 0.189. The molecule has 5 heterocycles. The Morgan fingerprint density at radius 1 is 1.18 bits per heavy atom. The van der Waals surface area contributed by atoms with E-state index in [0.717, 1.165) is 41.8 Å². The molecule has 1 N–H and O–H groups in total. The Morgan fingerprint density at radius 2 is 1.97 bits per heavy atom. The third-order valence-corrected chi connectivity index (χ3v) is 9.08. The van der Waals surface area contributed by atoms with Gasteiger partial charge < -0.3 is 10.1 Å². The van der Waals surface area contributed by atoms with Gasteiger partial charge in [-0.3, -0.25) is 14.1 Å². The van der Waals surface area contributed by atoms with Crippen LogP contribution in [0.4, 0.5) is 10.2 Å². The van der Waals surface area contributed by atoms with Crippen LogP contribution in [0.3, 0.4) is 0 Å². The number of rotatable bonds is 10. The molecule has 1 saturated heterocycles. The fourth-order valence-corrected chi connectivity index (χ4v) is 6.68. The van der Waals surface area contributed by atoms with E-state index in [1.54, 1.807) is 31.2 Å². The van der Waals surface area contributed by atoms with Crippen LogP contribution in [-0.4, -0.2) is 89.0 Å². The maximum absolute atomic E-state index is 14.4. The molecular formula is C27H34FN7O3S. The van der Waals surface area contributed by atoms with Crippen molar-refractivity contribution in [2.75, 3.05) is 50.7 Å². The maximum Gasteiger partial charge on any atom is 0.166 e. The third-order valence-electron chi connectivity index (χ3n) is 7.37. The van der Waals surface area contributed by atoms with E-state index in [1.165, 1.54) is 6.07 Å². The highest BCUT2D eigenvalue weighted by Gasteiger charge is 2.28. The van der Waals surface area contributed by atoms with Gasteiger partial charge in [0.15, 0.2) is 11.6 Å². The molecule has 1 aliphatic heterocycles. The number of nitrogens with zero attached hydrogens (tertiary/aromatic N) is 6. The third kappa shape index (κ3) is 5.97. The fourth-order valence-electron chi connectivity index (χ4n) is 5.21. The van der Waals surface area contributed by atoms with Crippen LogP contribution in [0.25, 0.3) is 28.0 Å². The quantitative estimate of drug-likeness (QED) is 0.318. The van der Waals surface area contributed by atoms with E-state index >= 15 is 0 Å². The number of methoxy groups -OCH3 is 1. The molecule has 5 rings (SSSR count). The number of nitrogens with one attached hydrogen (secondary N) is 1. The van der Waals surface area contributed by atoms with Crippen molar-refractivity contribution < 1.29 is 17.5 Å². The van der Waals surface area contributed by atoms with Gasteiger partial charge in [0.1, 0.15) is 15.5 Å². The molecule has 10 nitrogen and oxygen atoms in total. The molecule has 1 aliphatic rings. The van der Waals surface area contributed by atoms with E-state index in [0.29, 0.717) is 30.7 Å². The number of hydrogen-bond donors (Lipinski definition) is 1. The summed E-state index contributed by atoms with van der Waals surface area (Å²) in [5.41, 5.74) is 3.96. The fraction of sp³-hybridized carbons (Fsp3) is 0.444. The Morgan fingerprint density at radius 3 is 2.64 bits per heavy atom. The number of pyridine rings is 2. The zero-order valence-electron chi connectivity index (χ0n) is 22.5. The second-order valence-electron chi connectivity index (χ2n) is 9.93. The SMILES string of the molecule is CNc1ncc(-c2ccc3c(CCN(CCOC)C4CCS(=O)(=O)CC4)cn(-c4cnn(C)c4)c3n2)cc1F. The molecule has 0 spiro atoms. The molecule has 1 fully saturated rings. The largest absolute Gasteiger partial charge is 0.383 e. The summed E-state index contributed by atoms with van der Waals surface area (Å²) >= 11 is 0. The lowest BCUT2D eigenvalue weighted by Crippen LogP contribution is -2.43. The van der Waals surface area contributed by atoms with Gasteiger partial charge in [0.25, 0.3) is 0 Å². The maximum atomic E-state index is 14.4. The van der Waals surface area contributed by atoms with Crippen LogP contribution in [0.5, 0.6) is 0 Å². The summed E-state index contributed by atoms with van der Waals surface area (Å²) in [5, 5.41) is 8.07. The van der Waals surface area contributed by atoms with Crippen molar-refractivity contribution in [2.24, 2.45) is 7.05 Å². The molecular weight excluding hydrogens is 521 g/mol. The topological polar surface area (TPSA) is 107 Å². The van der Waals surface area contributed by atoms with Gasteiger partial charge in [-0.25, -0.2) is 22.8 Å². The molecule has 12 heteroatoms. The van der Waals surface area contributed by atoms with Crippen molar-refractivity contribution in [3.05, 3.63) is 54.4 Å². The predicted molar refractivity (Wildman–Crippen MR) is 149 cm³/mol. The monoisotopic (exact) mass is 555 g/mol. The zero-order valence-corrected chi connectivity index (χ0v) is 23.3. The van der Waals surface area contributed by atoms with Gasteiger partial charge >= 0.3 is 0 Å². The normalized spacial score (nSPS) is 15.8. The number of ether oxygens (including phenoxy) is 1. The molecule has 4 aromatic rings. The van der Waals surface area contributed by atoms with Crippen LogP contribution in [0.2, 0.25) is 0 Å². The lowest BCUT2D eigenvalue weighted by atomic mass is 10.1. The summed E-state index contributed by atoms with van der Waals surface area (Å²) in [6, 6.07) is 5.56. The van der Waals surface area contributed by atoms with Gasteiger partial charge in [-0.15, -0.1) is 0 Å². The Kier molecular flexibility index (Phi) is 7.96. The number of aryl methyl sites for hydroxylation is 1. The second-order valence-corrected chi connectivity index (χ2v) is 12.2. The first-order chi connectivity index (χ1) is 18.8. The van der Waals surface area contributed by atoms with Crippen LogP contribution in [0.1, 0.15) is 18.4 Å². The summed E-state index contributed by atoms with van der Waals surface area (Å²) in [6.07, 6.45) is 9.45. The highest BCUT2D eigenvalue weighted by Crippen LogP contribution is 2.29. The number of sulfone groups is 1. The smallest absolute Gasteiger partial charge is 0.166 e. The molecule has 4 aromatic heterocycles. The Bertz CT molecular complexity index is 1550. The summed E-state index contributed by atoms with van der Waals surface area (Å²) in [6.45, 7) is 2.09. The highest BCUT2D eigenvalue weighted by molar-refractivity contribution is 7.91. The average Bonchev–Trinajstić information content (AvgIpc) is 3.52. The number of hydrogen-bond acceptors (Lipinski definition) is 8. The van der Waals surface area contributed by atoms with Crippen molar-refractivity contribution in [1.29, 1.82) is 0 Å². The molecule has 0 amide bonds. The van der Waals surface area contributed by atoms with Gasteiger partial charge in [0.05, 0.1) is 35.7 Å². The molecule has 208 valence electrons. The molecule has 0 aromatic carbocycles. The molecule has 0 atom stereocenters. The van der Waals surface area contributed by atoms with Gasteiger partial charge in [0.2, 0.25) is 0 Å². The van der Waals surface area contributed by atoms with E-state index in [9.17, 15) is 12.8 Å². The zero-order chi connectivity index (χ0) is 27.6. The first-order valence-corrected chi connectivity index (χ1v) is 14.9. The average molecular weight is 556 g/mol. The van der Waals surface area contributed by atoms with Crippen LogP contribution >= 0.6 is 0 Å². The summed E-state index contributed by atoms with van der Waals surface area (Å²) in [5.74, 6) is 0.221. The van der Waals surface area contributed by atoms with Gasteiger partial charge in [-0.05, 0) is 43.0 Å².